The fraction of sp³-hybridized carbons (Fsp3) is 0.348. The average Bonchev–Trinajstić information content (AvgIpc) is 3.52. The quantitative estimate of drug-likeness (QED) is 0.450. The SMILES string of the molecule is O=C(Nc1cc(-c2ccc(CC(=O)N3CCS(O)(O)CC3)c(F)c2)c2cc[nH]c2n1)C1CC1. The first-order chi connectivity index (χ1) is 15.8. The molecule has 33 heavy (non-hydrogen) atoms. The van der Waals surface area contributed by atoms with Gasteiger partial charge >= 0.3 is 0 Å². The van der Waals surface area contributed by atoms with Crippen LogP contribution in [0.3, 0.4) is 0 Å². The van der Waals surface area contributed by atoms with Crippen molar-refractivity contribution in [2.45, 2.75) is 19.3 Å². The number of carbonyl (C=O) groups excluding carboxylic acids is 2. The van der Waals surface area contributed by atoms with Gasteiger partial charge in [-0.1, -0.05) is 12.1 Å². The van der Waals surface area contributed by atoms with E-state index >= 15 is 0 Å². The molecule has 5 rings (SSSR count). The van der Waals surface area contributed by atoms with Crippen LogP contribution in [0.5, 0.6) is 0 Å². The molecule has 2 aliphatic rings. The van der Waals surface area contributed by atoms with Crippen LogP contribution in [0, 0.1) is 11.7 Å². The number of nitrogens with one attached hydrogen (secondary N) is 2. The molecule has 1 aliphatic heterocycles. The summed E-state index contributed by atoms with van der Waals surface area (Å²) in [6, 6.07) is 8.33. The predicted octanol–water partition coefficient (Wildman–Crippen LogP) is 3.85. The zero-order valence-corrected chi connectivity index (χ0v) is 18.7. The second-order valence-electron chi connectivity index (χ2n) is 8.63. The van der Waals surface area contributed by atoms with Gasteiger partial charge in [0, 0.05) is 30.6 Å². The highest BCUT2D eigenvalue weighted by Crippen LogP contribution is 2.40. The first-order valence-electron chi connectivity index (χ1n) is 10.9. The lowest BCUT2D eigenvalue weighted by atomic mass is 10.00. The predicted molar refractivity (Wildman–Crippen MR) is 126 cm³/mol. The van der Waals surface area contributed by atoms with E-state index in [4.69, 9.17) is 0 Å². The van der Waals surface area contributed by atoms with E-state index in [1.54, 1.807) is 29.3 Å². The summed E-state index contributed by atoms with van der Waals surface area (Å²) >= 11 is 0. The van der Waals surface area contributed by atoms with Crippen molar-refractivity contribution in [1.29, 1.82) is 0 Å². The largest absolute Gasteiger partial charge is 0.346 e. The Bertz CT molecular complexity index is 1230. The zero-order chi connectivity index (χ0) is 23.2. The summed E-state index contributed by atoms with van der Waals surface area (Å²) in [5.41, 5.74) is 2.21. The van der Waals surface area contributed by atoms with Crippen LogP contribution < -0.4 is 5.32 Å². The summed E-state index contributed by atoms with van der Waals surface area (Å²) in [4.78, 5) is 33.8. The number of aromatic nitrogens is 2. The van der Waals surface area contributed by atoms with Gasteiger partial charge in [-0.3, -0.25) is 18.7 Å². The lowest BCUT2D eigenvalue weighted by molar-refractivity contribution is -0.130. The minimum Gasteiger partial charge on any atom is -0.346 e. The van der Waals surface area contributed by atoms with Gasteiger partial charge < -0.3 is 15.2 Å². The smallest absolute Gasteiger partial charge is 0.228 e. The number of carbonyl (C=O) groups is 2. The normalized spacial score (nSPS) is 18.8. The Balaban J connectivity index is 1.37. The third-order valence-electron chi connectivity index (χ3n) is 6.16. The van der Waals surface area contributed by atoms with Gasteiger partial charge in [0.15, 0.2) is 0 Å². The van der Waals surface area contributed by atoms with Gasteiger partial charge in [-0.25, -0.2) is 9.37 Å². The number of anilines is 1. The van der Waals surface area contributed by atoms with Crippen molar-refractivity contribution in [3.05, 3.63) is 47.9 Å². The molecule has 0 radical (unpaired) electrons. The van der Waals surface area contributed by atoms with Crippen molar-refractivity contribution in [2.75, 3.05) is 29.9 Å². The van der Waals surface area contributed by atoms with Crippen molar-refractivity contribution in [3.63, 3.8) is 0 Å². The highest BCUT2D eigenvalue weighted by molar-refractivity contribution is 8.24. The van der Waals surface area contributed by atoms with Crippen molar-refractivity contribution < 1.29 is 23.1 Å². The zero-order valence-electron chi connectivity index (χ0n) is 17.9. The Morgan fingerprint density at radius 1 is 1.18 bits per heavy atom. The van der Waals surface area contributed by atoms with E-state index in [0.29, 0.717) is 17.0 Å². The van der Waals surface area contributed by atoms with Crippen LogP contribution in [-0.4, -0.2) is 60.4 Å². The van der Waals surface area contributed by atoms with Crippen LogP contribution in [0.15, 0.2) is 36.5 Å². The van der Waals surface area contributed by atoms with Gasteiger partial charge in [0.25, 0.3) is 0 Å². The number of halogens is 1. The summed E-state index contributed by atoms with van der Waals surface area (Å²) in [5.74, 6) is -0.0183. The standard InChI is InChI=1S/C23H25FN4O4S/c24-19-11-15(3-4-16(19)12-21(29)28-7-9-33(31,32)10-8-28)18-13-20(27-23(30)14-1-2-14)26-22-17(18)5-6-25-22/h3-6,11,13-14,31-32H,1-2,7-10,12H2,(H2,25,26,27,30). The molecular formula is C23H25FN4O4S. The molecule has 3 heterocycles. The van der Waals surface area contributed by atoms with Crippen molar-refractivity contribution in [3.8, 4) is 11.1 Å². The summed E-state index contributed by atoms with van der Waals surface area (Å²) in [6.45, 7) is 0.525. The molecule has 10 heteroatoms. The molecule has 4 N–H and O–H groups in total. The molecule has 0 bridgehead atoms. The second kappa shape index (κ2) is 8.44. The van der Waals surface area contributed by atoms with Gasteiger partial charge in [-0.05, 0) is 47.7 Å². The average molecular weight is 473 g/mol. The Morgan fingerprint density at radius 2 is 1.94 bits per heavy atom. The molecular weight excluding hydrogens is 447 g/mol. The molecule has 1 aliphatic carbocycles. The Hall–Kier alpha value is -2.95. The molecule has 2 aromatic heterocycles. The van der Waals surface area contributed by atoms with Crippen molar-refractivity contribution in [2.24, 2.45) is 5.92 Å². The Kier molecular flexibility index (Phi) is 5.59. The molecule has 174 valence electrons. The van der Waals surface area contributed by atoms with Crippen molar-refractivity contribution >= 4 is 39.3 Å². The molecule has 0 atom stereocenters. The second-order valence-corrected chi connectivity index (χ2v) is 11.1. The maximum absolute atomic E-state index is 15.0. The van der Waals surface area contributed by atoms with Gasteiger partial charge in [0.1, 0.15) is 17.3 Å². The number of rotatable bonds is 5. The Labute approximate surface area is 191 Å². The Morgan fingerprint density at radius 3 is 2.64 bits per heavy atom. The van der Waals surface area contributed by atoms with Crippen LogP contribution in [0.1, 0.15) is 18.4 Å². The van der Waals surface area contributed by atoms with Crippen LogP contribution in [0.2, 0.25) is 0 Å². The fourth-order valence-electron chi connectivity index (χ4n) is 4.02. The number of hydrogen-bond acceptors (Lipinski definition) is 5. The van der Waals surface area contributed by atoms with Crippen molar-refractivity contribution in [1.82, 2.24) is 14.9 Å². The van der Waals surface area contributed by atoms with E-state index in [0.717, 1.165) is 23.8 Å². The number of fused-ring (bicyclic) bond motifs is 1. The van der Waals surface area contributed by atoms with Crippen LogP contribution in [-0.2, 0) is 16.0 Å². The van der Waals surface area contributed by atoms with E-state index in [1.807, 2.05) is 6.07 Å². The first kappa shape index (κ1) is 21.9. The van der Waals surface area contributed by atoms with E-state index in [9.17, 15) is 23.1 Å². The monoisotopic (exact) mass is 472 g/mol. The number of hydrogen-bond donors (Lipinski definition) is 4. The van der Waals surface area contributed by atoms with Gasteiger partial charge in [0.2, 0.25) is 11.8 Å². The highest BCUT2D eigenvalue weighted by Gasteiger charge is 2.30. The number of benzene rings is 1. The fourth-order valence-corrected chi connectivity index (χ4v) is 5.25. The first-order valence-corrected chi connectivity index (χ1v) is 12.8. The highest BCUT2D eigenvalue weighted by atomic mass is 32.3. The molecule has 0 unspecified atom stereocenters. The summed E-state index contributed by atoms with van der Waals surface area (Å²) in [5, 5.41) is 3.64. The third-order valence-corrected chi connectivity index (χ3v) is 7.84. The third kappa shape index (κ3) is 4.73. The lowest BCUT2D eigenvalue weighted by Gasteiger charge is -2.41. The summed E-state index contributed by atoms with van der Waals surface area (Å²) < 4.78 is 34.4. The molecule has 1 saturated carbocycles. The number of pyridine rings is 1. The van der Waals surface area contributed by atoms with Crippen LogP contribution >= 0.6 is 10.6 Å². The number of nitrogens with zero attached hydrogens (tertiary/aromatic N) is 2. The molecule has 8 nitrogen and oxygen atoms in total. The maximum Gasteiger partial charge on any atom is 0.228 e. The topological polar surface area (TPSA) is 119 Å². The minimum absolute atomic E-state index is 0.0383. The molecule has 1 aromatic carbocycles. The molecule has 0 spiro atoms. The molecule has 2 amide bonds. The lowest BCUT2D eigenvalue weighted by Crippen LogP contribution is -2.42. The maximum atomic E-state index is 15.0. The van der Waals surface area contributed by atoms with Gasteiger partial charge in [-0.15, -0.1) is 0 Å². The van der Waals surface area contributed by atoms with E-state index in [1.165, 1.54) is 6.07 Å². The van der Waals surface area contributed by atoms with E-state index in [-0.39, 0.29) is 54.3 Å². The molecule has 3 aromatic rings. The number of aromatic amines is 1. The number of amides is 2. The van der Waals surface area contributed by atoms with E-state index in [2.05, 4.69) is 15.3 Å². The molecule has 1 saturated heterocycles. The summed E-state index contributed by atoms with van der Waals surface area (Å²) in [7, 11) is -2.59. The van der Waals surface area contributed by atoms with Gasteiger partial charge in [0.05, 0.1) is 17.9 Å². The summed E-state index contributed by atoms with van der Waals surface area (Å²) in [6.07, 6.45) is 3.41. The van der Waals surface area contributed by atoms with Crippen LogP contribution in [0.4, 0.5) is 10.2 Å². The van der Waals surface area contributed by atoms with Crippen LogP contribution in [0.25, 0.3) is 22.2 Å². The minimum atomic E-state index is -2.59. The number of H-pyrrole nitrogens is 1. The van der Waals surface area contributed by atoms with Gasteiger partial charge in [-0.2, -0.15) is 10.6 Å². The molecule has 2 fully saturated rings. The van der Waals surface area contributed by atoms with E-state index < -0.39 is 16.4 Å².